The molecule has 0 aliphatic rings. The summed E-state index contributed by atoms with van der Waals surface area (Å²) >= 11 is 0. The van der Waals surface area contributed by atoms with Gasteiger partial charge in [0.1, 0.15) is 6.61 Å². The molecule has 178 valence electrons. The van der Waals surface area contributed by atoms with E-state index >= 15 is 0 Å². The first kappa shape index (κ1) is 23.4. The fraction of sp³-hybridized carbons (Fsp3) is 0.160. The van der Waals surface area contributed by atoms with Crippen LogP contribution in [0.5, 0.6) is 11.5 Å². The van der Waals surface area contributed by atoms with Crippen LogP contribution in [0.3, 0.4) is 0 Å². The number of hydrogen-bond donors (Lipinski definition) is 1. The first-order valence-electron chi connectivity index (χ1n) is 10.8. The summed E-state index contributed by atoms with van der Waals surface area (Å²) in [6.07, 6.45) is 1.19. The quantitative estimate of drug-likeness (QED) is 0.235. The van der Waals surface area contributed by atoms with E-state index in [2.05, 4.69) is 10.1 Å². The third-order valence-corrected chi connectivity index (χ3v) is 5.13. The van der Waals surface area contributed by atoms with Gasteiger partial charge in [0.2, 0.25) is 5.75 Å². The number of nitrogens with zero attached hydrogens (tertiary/aromatic N) is 3. The Hall–Kier alpha value is -4.73. The number of rotatable bonds is 8. The van der Waals surface area contributed by atoms with Crippen LogP contribution in [0.1, 0.15) is 23.6 Å². The number of aryl methyl sites for hydroxylation is 1. The predicted octanol–water partition coefficient (Wildman–Crippen LogP) is 3.77. The van der Waals surface area contributed by atoms with E-state index in [1.54, 1.807) is 31.2 Å². The molecule has 0 spiro atoms. The lowest BCUT2D eigenvalue weighted by atomic mass is 10.1. The standard InChI is InChI=1S/C25H22N4O6/c1-3-34-22-13-18(14-26-28-24(30)19-9-4-5-10-20(19)27-25(28)31)12-21(29(32)33)23(22)35-15-17-8-6-7-16(2)11-17/h4-14H,3,15H2,1-2H3,(H,27,31). The van der Waals surface area contributed by atoms with Gasteiger partial charge in [-0.25, -0.2) is 4.79 Å². The van der Waals surface area contributed by atoms with Crippen LogP contribution in [0.25, 0.3) is 10.9 Å². The normalized spacial score (nSPS) is 11.1. The van der Waals surface area contributed by atoms with Crippen LogP contribution >= 0.6 is 0 Å². The Kier molecular flexibility index (Phi) is 6.72. The van der Waals surface area contributed by atoms with Crippen LogP contribution in [0.15, 0.2) is 75.4 Å². The average molecular weight is 474 g/mol. The number of H-pyrrole nitrogens is 1. The molecule has 4 rings (SSSR count). The molecule has 0 atom stereocenters. The van der Waals surface area contributed by atoms with Gasteiger partial charge in [-0.2, -0.15) is 5.10 Å². The molecule has 0 aliphatic heterocycles. The summed E-state index contributed by atoms with van der Waals surface area (Å²) in [4.78, 5) is 38.9. The SMILES string of the molecule is CCOc1cc(C=Nn2c(=O)[nH]c3ccccc3c2=O)cc([N+](=O)[O-])c1OCc1cccc(C)c1. The highest BCUT2D eigenvalue weighted by molar-refractivity contribution is 5.83. The zero-order chi connectivity index (χ0) is 24.9. The van der Waals surface area contributed by atoms with Gasteiger partial charge in [-0.3, -0.25) is 14.9 Å². The van der Waals surface area contributed by atoms with Crippen molar-refractivity contribution in [3.05, 3.63) is 108 Å². The summed E-state index contributed by atoms with van der Waals surface area (Å²) in [5, 5.41) is 16.1. The smallest absolute Gasteiger partial charge is 0.349 e. The second kappa shape index (κ2) is 10.0. The van der Waals surface area contributed by atoms with E-state index in [-0.39, 0.29) is 41.3 Å². The maximum atomic E-state index is 12.7. The summed E-state index contributed by atoms with van der Waals surface area (Å²) in [7, 11) is 0. The second-order valence-electron chi connectivity index (χ2n) is 7.67. The van der Waals surface area contributed by atoms with Crippen molar-refractivity contribution in [2.75, 3.05) is 6.61 Å². The van der Waals surface area contributed by atoms with Crippen LogP contribution in [0.4, 0.5) is 5.69 Å². The van der Waals surface area contributed by atoms with Crippen molar-refractivity contribution in [1.82, 2.24) is 9.66 Å². The van der Waals surface area contributed by atoms with Gasteiger partial charge in [0.15, 0.2) is 5.75 Å². The lowest BCUT2D eigenvalue weighted by Crippen LogP contribution is -2.32. The summed E-state index contributed by atoms with van der Waals surface area (Å²) < 4.78 is 12.1. The van der Waals surface area contributed by atoms with Gasteiger partial charge in [0.25, 0.3) is 5.56 Å². The van der Waals surface area contributed by atoms with Crippen molar-refractivity contribution in [3.63, 3.8) is 0 Å². The zero-order valence-corrected chi connectivity index (χ0v) is 19.1. The van der Waals surface area contributed by atoms with Gasteiger partial charge < -0.3 is 14.5 Å². The van der Waals surface area contributed by atoms with E-state index < -0.39 is 16.2 Å². The molecule has 10 heteroatoms. The Bertz CT molecular complexity index is 1550. The first-order valence-corrected chi connectivity index (χ1v) is 10.8. The molecule has 0 radical (unpaired) electrons. The Morgan fingerprint density at radius 2 is 1.89 bits per heavy atom. The molecule has 1 N–H and O–H groups in total. The minimum atomic E-state index is -0.734. The highest BCUT2D eigenvalue weighted by Crippen LogP contribution is 2.38. The van der Waals surface area contributed by atoms with Crippen LogP contribution < -0.4 is 20.7 Å². The lowest BCUT2D eigenvalue weighted by molar-refractivity contribution is -0.386. The van der Waals surface area contributed by atoms with Gasteiger partial charge in [0, 0.05) is 11.6 Å². The van der Waals surface area contributed by atoms with Crippen molar-refractivity contribution in [2.45, 2.75) is 20.5 Å². The fourth-order valence-electron chi connectivity index (χ4n) is 3.57. The zero-order valence-electron chi connectivity index (χ0n) is 19.1. The molecule has 0 unspecified atom stereocenters. The van der Waals surface area contributed by atoms with Crippen molar-refractivity contribution < 1.29 is 14.4 Å². The number of fused-ring (bicyclic) bond motifs is 1. The van der Waals surface area contributed by atoms with Gasteiger partial charge in [0.05, 0.1) is 28.6 Å². The Morgan fingerprint density at radius 1 is 1.09 bits per heavy atom. The van der Waals surface area contributed by atoms with E-state index in [0.717, 1.165) is 11.1 Å². The van der Waals surface area contributed by atoms with E-state index in [0.29, 0.717) is 10.2 Å². The van der Waals surface area contributed by atoms with E-state index in [4.69, 9.17) is 9.47 Å². The number of nitro benzene ring substituents is 1. The van der Waals surface area contributed by atoms with Crippen molar-refractivity contribution in [3.8, 4) is 11.5 Å². The molecule has 0 aliphatic carbocycles. The van der Waals surface area contributed by atoms with Crippen LogP contribution in [-0.4, -0.2) is 27.4 Å². The topological polar surface area (TPSA) is 129 Å². The summed E-state index contributed by atoms with van der Waals surface area (Å²) in [5.74, 6) is 0.131. The average Bonchev–Trinajstić information content (AvgIpc) is 2.83. The Labute approximate surface area is 199 Å². The number of aromatic nitrogens is 2. The second-order valence-corrected chi connectivity index (χ2v) is 7.67. The molecule has 4 aromatic rings. The largest absolute Gasteiger partial charge is 0.490 e. The van der Waals surface area contributed by atoms with Gasteiger partial charge in [-0.1, -0.05) is 42.0 Å². The lowest BCUT2D eigenvalue weighted by Gasteiger charge is -2.13. The summed E-state index contributed by atoms with van der Waals surface area (Å²) in [6.45, 7) is 4.03. The third kappa shape index (κ3) is 5.11. The molecule has 10 nitrogen and oxygen atoms in total. The summed E-state index contributed by atoms with van der Waals surface area (Å²) in [6, 6.07) is 16.9. The Balaban J connectivity index is 1.73. The minimum Gasteiger partial charge on any atom is -0.490 e. The Morgan fingerprint density at radius 3 is 2.63 bits per heavy atom. The summed E-state index contributed by atoms with van der Waals surface area (Å²) in [5.41, 5.74) is 0.852. The molecule has 3 aromatic carbocycles. The number of para-hydroxylation sites is 1. The molecule has 35 heavy (non-hydrogen) atoms. The molecular weight excluding hydrogens is 452 g/mol. The van der Waals surface area contributed by atoms with Gasteiger partial charge >= 0.3 is 11.4 Å². The van der Waals surface area contributed by atoms with Gasteiger partial charge in [-0.05, 0) is 37.6 Å². The third-order valence-electron chi connectivity index (χ3n) is 5.13. The predicted molar refractivity (Wildman–Crippen MR) is 132 cm³/mol. The minimum absolute atomic E-state index is 0.0174. The van der Waals surface area contributed by atoms with E-state index in [1.165, 1.54) is 18.3 Å². The highest BCUT2D eigenvalue weighted by Gasteiger charge is 2.23. The number of nitro groups is 1. The molecule has 0 fully saturated rings. The first-order chi connectivity index (χ1) is 16.9. The molecule has 0 saturated heterocycles. The molecule has 0 amide bonds. The monoisotopic (exact) mass is 474 g/mol. The maximum absolute atomic E-state index is 12.7. The number of ether oxygens (including phenoxy) is 2. The number of nitrogens with one attached hydrogen (secondary N) is 1. The van der Waals surface area contributed by atoms with Crippen molar-refractivity contribution in [1.29, 1.82) is 0 Å². The van der Waals surface area contributed by atoms with E-state index in [1.807, 2.05) is 31.2 Å². The molecular formula is C25H22N4O6. The van der Waals surface area contributed by atoms with Gasteiger partial charge in [-0.15, -0.1) is 4.68 Å². The van der Waals surface area contributed by atoms with Crippen LogP contribution in [0.2, 0.25) is 0 Å². The van der Waals surface area contributed by atoms with Crippen LogP contribution in [-0.2, 0) is 6.61 Å². The van der Waals surface area contributed by atoms with Crippen molar-refractivity contribution >= 4 is 22.8 Å². The number of benzene rings is 3. The van der Waals surface area contributed by atoms with E-state index in [9.17, 15) is 19.7 Å². The van der Waals surface area contributed by atoms with Crippen LogP contribution in [0, 0.1) is 17.0 Å². The molecule has 1 heterocycles. The fourth-order valence-corrected chi connectivity index (χ4v) is 3.57. The number of aromatic amines is 1. The molecule has 0 bridgehead atoms. The maximum Gasteiger partial charge on any atom is 0.349 e. The highest BCUT2D eigenvalue weighted by atomic mass is 16.6. The number of hydrogen-bond acceptors (Lipinski definition) is 7. The molecule has 0 saturated carbocycles. The molecule has 1 aromatic heterocycles. The van der Waals surface area contributed by atoms with Crippen molar-refractivity contribution in [2.24, 2.45) is 5.10 Å².